The summed E-state index contributed by atoms with van der Waals surface area (Å²) in [7, 11) is -3.60. The van der Waals surface area contributed by atoms with Crippen LogP contribution in [0.3, 0.4) is 0 Å². The maximum Gasteiger partial charge on any atom is 0.374 e. The van der Waals surface area contributed by atoms with Crippen LogP contribution in [0.25, 0.3) is 5.53 Å². The van der Waals surface area contributed by atoms with Gasteiger partial charge in [0.2, 0.25) is 0 Å². The summed E-state index contributed by atoms with van der Waals surface area (Å²) in [5.41, 5.74) is 10.4. The number of nitrogens with zero attached hydrogens (tertiary/aromatic N) is 2. The molecule has 0 saturated heterocycles. The molecule has 5 heteroatoms. The minimum atomic E-state index is -3.60. The lowest BCUT2D eigenvalue weighted by molar-refractivity contribution is 0.00753. The first-order valence-corrected chi connectivity index (χ1v) is 5.52. The van der Waals surface area contributed by atoms with Crippen molar-refractivity contribution < 1.29 is 13.2 Å². The summed E-state index contributed by atoms with van der Waals surface area (Å²) < 4.78 is 22.9. The fourth-order valence-corrected chi connectivity index (χ4v) is 2.24. The van der Waals surface area contributed by atoms with Crippen LogP contribution in [0.1, 0.15) is 11.1 Å². The van der Waals surface area contributed by atoms with Crippen molar-refractivity contribution in [3.63, 3.8) is 0 Å². The van der Waals surface area contributed by atoms with Gasteiger partial charge in [0.05, 0.1) is 4.90 Å². The Balaban J connectivity index is 3.41. The third-order valence-electron chi connectivity index (χ3n) is 1.82. The molecule has 0 radical (unpaired) electrons. The Morgan fingerprint density at radius 3 is 2.50 bits per heavy atom. The van der Waals surface area contributed by atoms with Gasteiger partial charge in [-0.25, -0.2) is 8.42 Å². The summed E-state index contributed by atoms with van der Waals surface area (Å²) in [4.78, 5) is 2.70. The predicted octanol–water partition coefficient (Wildman–Crippen LogP) is 1.34. The molecule has 1 aromatic carbocycles. The molecule has 4 nitrogen and oxygen atoms in total. The highest BCUT2D eigenvalue weighted by molar-refractivity contribution is 8.04. The smallest absolute Gasteiger partial charge is 0.361 e. The summed E-state index contributed by atoms with van der Waals surface area (Å²) in [6.45, 7) is 3.58. The normalized spacial score (nSPS) is 10.7. The van der Waals surface area contributed by atoms with Gasteiger partial charge in [0, 0.05) is 0 Å². The molecule has 1 rings (SSSR count). The molecular formula is C9H10N2O2S. The Labute approximate surface area is 82.7 Å². The van der Waals surface area contributed by atoms with Crippen LogP contribution in [0.2, 0.25) is 0 Å². The zero-order chi connectivity index (χ0) is 10.8. The molecule has 0 saturated carbocycles. The van der Waals surface area contributed by atoms with E-state index >= 15 is 0 Å². The molecule has 74 valence electrons. The molecule has 0 atom stereocenters. The maximum absolute atomic E-state index is 11.5. The predicted molar refractivity (Wildman–Crippen MR) is 52.8 cm³/mol. The molecule has 0 bridgehead atoms. The summed E-state index contributed by atoms with van der Waals surface area (Å²) in [6, 6.07) is 4.96. The van der Waals surface area contributed by atoms with E-state index in [1.165, 1.54) is 6.07 Å². The third-order valence-corrected chi connectivity index (χ3v) is 3.27. The summed E-state index contributed by atoms with van der Waals surface area (Å²) in [5.74, 6) is 0. The SMILES string of the molecule is Cc1ccc(S(=O)(=O)C=[N+]=[N-])c(C)c1. The van der Waals surface area contributed by atoms with E-state index in [-0.39, 0.29) is 4.90 Å². The van der Waals surface area contributed by atoms with Crippen LogP contribution in [0.15, 0.2) is 23.1 Å². The number of sulfone groups is 1. The van der Waals surface area contributed by atoms with Crippen LogP contribution >= 0.6 is 0 Å². The van der Waals surface area contributed by atoms with Crippen LogP contribution in [0.5, 0.6) is 0 Å². The van der Waals surface area contributed by atoms with Crippen LogP contribution in [-0.2, 0) is 9.84 Å². The van der Waals surface area contributed by atoms with Crippen molar-refractivity contribution in [1.29, 1.82) is 0 Å². The van der Waals surface area contributed by atoms with E-state index in [9.17, 15) is 8.42 Å². The van der Waals surface area contributed by atoms with E-state index in [0.29, 0.717) is 11.1 Å². The largest absolute Gasteiger partial charge is 0.374 e. The highest BCUT2D eigenvalue weighted by atomic mass is 32.2. The Kier molecular flexibility index (Phi) is 2.84. The fourth-order valence-electron chi connectivity index (χ4n) is 1.24. The first-order chi connectivity index (χ1) is 6.47. The molecular weight excluding hydrogens is 200 g/mol. The van der Waals surface area contributed by atoms with Gasteiger partial charge in [-0.05, 0) is 25.5 Å². The summed E-state index contributed by atoms with van der Waals surface area (Å²) in [6.07, 6.45) is 0. The Bertz CT molecular complexity index is 500. The quantitative estimate of drug-likeness (QED) is 0.320. The Hall–Kier alpha value is -1.45. The summed E-state index contributed by atoms with van der Waals surface area (Å²) >= 11 is 0. The molecule has 1 aromatic rings. The molecule has 0 amide bonds. The maximum atomic E-state index is 11.5. The zero-order valence-corrected chi connectivity index (χ0v) is 8.75. The molecule has 0 aliphatic carbocycles. The van der Waals surface area contributed by atoms with Gasteiger partial charge in [-0.1, -0.05) is 17.7 Å². The fraction of sp³-hybridized carbons (Fsp3) is 0.222. The van der Waals surface area contributed by atoms with Crippen molar-refractivity contribution in [2.24, 2.45) is 0 Å². The molecule has 0 spiro atoms. The monoisotopic (exact) mass is 210 g/mol. The molecule has 0 N–H and O–H groups in total. The van der Waals surface area contributed by atoms with E-state index in [0.717, 1.165) is 5.56 Å². The lowest BCUT2D eigenvalue weighted by atomic mass is 10.2. The van der Waals surface area contributed by atoms with Crippen LogP contribution < -0.4 is 0 Å². The van der Waals surface area contributed by atoms with Gasteiger partial charge in [-0.3, -0.25) is 0 Å². The molecule has 0 heterocycles. The van der Waals surface area contributed by atoms with Crippen molar-refractivity contribution in [3.05, 3.63) is 34.9 Å². The average molecular weight is 210 g/mol. The molecule has 0 aliphatic rings. The second kappa shape index (κ2) is 3.74. The van der Waals surface area contributed by atoms with Crippen molar-refractivity contribution >= 4 is 15.4 Å². The van der Waals surface area contributed by atoms with Crippen LogP contribution in [-0.4, -0.2) is 18.8 Å². The average Bonchev–Trinajstić information content (AvgIpc) is 2.02. The molecule has 0 unspecified atom stereocenters. The lowest BCUT2D eigenvalue weighted by Gasteiger charge is -2.01. The van der Waals surface area contributed by atoms with Crippen molar-refractivity contribution in [1.82, 2.24) is 0 Å². The minimum Gasteiger partial charge on any atom is -0.361 e. The second-order valence-electron chi connectivity index (χ2n) is 3.03. The highest BCUT2D eigenvalue weighted by Crippen LogP contribution is 2.16. The van der Waals surface area contributed by atoms with E-state index in [1.807, 2.05) is 6.92 Å². The zero-order valence-electron chi connectivity index (χ0n) is 7.93. The van der Waals surface area contributed by atoms with Gasteiger partial charge < -0.3 is 5.53 Å². The lowest BCUT2D eigenvalue weighted by Crippen LogP contribution is -2.04. The standard InChI is InChI=1S/C9H10N2O2S/c1-7-3-4-9(8(2)5-7)14(12,13)6-11-10/h3-6H,1-2H3. The molecule has 0 fully saturated rings. The van der Waals surface area contributed by atoms with E-state index in [2.05, 4.69) is 4.79 Å². The minimum absolute atomic E-state index is 0.168. The highest BCUT2D eigenvalue weighted by Gasteiger charge is 2.18. The number of benzene rings is 1. The molecule has 14 heavy (non-hydrogen) atoms. The van der Waals surface area contributed by atoms with Crippen LogP contribution in [0.4, 0.5) is 0 Å². The molecule has 0 aromatic heterocycles. The first-order valence-electron chi connectivity index (χ1n) is 3.97. The number of rotatable bonds is 2. The van der Waals surface area contributed by atoms with E-state index in [1.54, 1.807) is 19.1 Å². The van der Waals surface area contributed by atoms with Crippen LogP contribution in [0, 0.1) is 13.8 Å². The Morgan fingerprint density at radius 2 is 2.00 bits per heavy atom. The van der Waals surface area contributed by atoms with Gasteiger partial charge in [-0.2, -0.15) is 4.79 Å². The van der Waals surface area contributed by atoms with Crippen molar-refractivity contribution in [3.8, 4) is 0 Å². The van der Waals surface area contributed by atoms with Gasteiger partial charge in [-0.15, -0.1) is 0 Å². The van der Waals surface area contributed by atoms with Gasteiger partial charge >= 0.3 is 5.55 Å². The van der Waals surface area contributed by atoms with E-state index in [4.69, 9.17) is 5.53 Å². The van der Waals surface area contributed by atoms with Crippen molar-refractivity contribution in [2.75, 3.05) is 0 Å². The number of aryl methyl sites for hydroxylation is 2. The molecule has 0 aliphatic heterocycles. The van der Waals surface area contributed by atoms with Crippen molar-refractivity contribution in [2.45, 2.75) is 18.7 Å². The first kappa shape index (κ1) is 10.6. The third kappa shape index (κ3) is 2.07. The number of hydrogen-bond acceptors (Lipinski definition) is 2. The Morgan fingerprint density at radius 1 is 1.36 bits per heavy atom. The van der Waals surface area contributed by atoms with E-state index < -0.39 is 9.84 Å². The van der Waals surface area contributed by atoms with Gasteiger partial charge in [0.25, 0.3) is 9.84 Å². The van der Waals surface area contributed by atoms with Gasteiger partial charge in [0.15, 0.2) is 0 Å². The summed E-state index contributed by atoms with van der Waals surface area (Å²) in [5, 5.41) is 0. The topological polar surface area (TPSA) is 70.5 Å². The number of hydrogen-bond donors (Lipinski definition) is 0. The second-order valence-corrected chi connectivity index (χ2v) is 4.78. The van der Waals surface area contributed by atoms with Gasteiger partial charge in [0.1, 0.15) is 0 Å².